The molecule has 0 spiro atoms. The van der Waals surface area contributed by atoms with Crippen molar-refractivity contribution >= 4 is 21.6 Å². The highest BCUT2D eigenvalue weighted by molar-refractivity contribution is 9.10. The van der Waals surface area contributed by atoms with E-state index >= 15 is 0 Å². The Labute approximate surface area is 124 Å². The van der Waals surface area contributed by atoms with Gasteiger partial charge in [-0.2, -0.15) is 5.26 Å². The molecule has 0 radical (unpaired) electrons. The van der Waals surface area contributed by atoms with E-state index in [1.807, 2.05) is 6.07 Å². The lowest BCUT2D eigenvalue weighted by Gasteiger charge is -2.20. The van der Waals surface area contributed by atoms with Gasteiger partial charge in [-0.3, -0.25) is 0 Å². The molecular weight excluding hydrogens is 326 g/mol. The largest absolute Gasteiger partial charge is 0.370 e. The monoisotopic (exact) mass is 336 g/mol. The molecule has 0 heterocycles. The van der Waals surface area contributed by atoms with Gasteiger partial charge in [-0.25, -0.2) is 8.78 Å². The lowest BCUT2D eigenvalue weighted by atomic mass is 10.1. The van der Waals surface area contributed by atoms with E-state index in [1.165, 1.54) is 12.1 Å². The van der Waals surface area contributed by atoms with Crippen LogP contribution in [0.3, 0.4) is 0 Å². The molecule has 2 nitrogen and oxygen atoms in total. The average Bonchev–Trinajstić information content (AvgIpc) is 2.47. The van der Waals surface area contributed by atoms with Crippen molar-refractivity contribution in [3.63, 3.8) is 0 Å². The second kappa shape index (κ2) is 6.02. The van der Waals surface area contributed by atoms with Crippen LogP contribution in [0.25, 0.3) is 0 Å². The van der Waals surface area contributed by atoms with E-state index < -0.39 is 11.6 Å². The zero-order valence-electron chi connectivity index (χ0n) is 10.7. The summed E-state index contributed by atoms with van der Waals surface area (Å²) in [5.41, 5.74) is 1.22. The van der Waals surface area contributed by atoms with Crippen LogP contribution in [0.4, 0.5) is 14.5 Å². The van der Waals surface area contributed by atoms with Crippen LogP contribution in [0.2, 0.25) is 0 Å². The summed E-state index contributed by atoms with van der Waals surface area (Å²) in [5.74, 6) is -1.19. The number of halogens is 3. The lowest BCUT2D eigenvalue weighted by molar-refractivity contribution is 0.549. The van der Waals surface area contributed by atoms with E-state index in [9.17, 15) is 8.78 Å². The molecule has 0 atom stereocenters. The molecular formula is C15H11BrF2N2. The van der Waals surface area contributed by atoms with Gasteiger partial charge in [0.25, 0.3) is 0 Å². The zero-order valence-corrected chi connectivity index (χ0v) is 12.3. The Morgan fingerprint density at radius 3 is 2.70 bits per heavy atom. The summed E-state index contributed by atoms with van der Waals surface area (Å²) in [7, 11) is 1.72. The second-order valence-corrected chi connectivity index (χ2v) is 5.19. The Morgan fingerprint density at radius 2 is 2.00 bits per heavy atom. The minimum atomic E-state index is -0.603. The Kier molecular flexibility index (Phi) is 4.35. The molecule has 0 aliphatic heterocycles. The van der Waals surface area contributed by atoms with Crippen LogP contribution in [0.15, 0.2) is 40.9 Å². The van der Waals surface area contributed by atoms with Crippen molar-refractivity contribution in [2.24, 2.45) is 0 Å². The van der Waals surface area contributed by atoms with E-state index in [2.05, 4.69) is 15.9 Å². The molecule has 20 heavy (non-hydrogen) atoms. The second-order valence-electron chi connectivity index (χ2n) is 4.34. The minimum absolute atomic E-state index is 0.00997. The van der Waals surface area contributed by atoms with Gasteiger partial charge in [-0.1, -0.05) is 6.07 Å². The number of anilines is 1. The Balaban J connectivity index is 2.30. The fourth-order valence-electron chi connectivity index (χ4n) is 1.86. The number of hydrogen-bond acceptors (Lipinski definition) is 2. The molecule has 0 aromatic heterocycles. The van der Waals surface area contributed by atoms with Crippen molar-refractivity contribution < 1.29 is 8.78 Å². The third-order valence-corrected chi connectivity index (χ3v) is 3.56. The van der Waals surface area contributed by atoms with Gasteiger partial charge < -0.3 is 4.90 Å². The number of benzene rings is 2. The van der Waals surface area contributed by atoms with Crippen LogP contribution in [-0.2, 0) is 6.54 Å². The Hall–Kier alpha value is -1.93. The molecule has 0 amide bonds. The maximum atomic E-state index is 13.9. The summed E-state index contributed by atoms with van der Waals surface area (Å²) in [6.45, 7) is 0.0754. The molecule has 0 aliphatic rings. The van der Waals surface area contributed by atoms with Crippen LogP contribution in [0.5, 0.6) is 0 Å². The smallest absolute Gasteiger partial charge is 0.145 e. The van der Waals surface area contributed by atoms with E-state index in [1.54, 1.807) is 36.2 Å². The fraction of sp³-hybridized carbons (Fsp3) is 0.133. The lowest BCUT2D eigenvalue weighted by Crippen LogP contribution is -2.18. The van der Waals surface area contributed by atoms with Crippen molar-refractivity contribution in [2.75, 3.05) is 11.9 Å². The highest BCUT2D eigenvalue weighted by atomic mass is 79.9. The van der Waals surface area contributed by atoms with Crippen LogP contribution in [0.1, 0.15) is 11.1 Å². The van der Waals surface area contributed by atoms with Crippen molar-refractivity contribution in [2.45, 2.75) is 6.54 Å². The molecule has 0 bridgehead atoms. The number of nitrogens with zero attached hydrogens (tertiary/aromatic N) is 2. The molecule has 2 aromatic carbocycles. The number of rotatable bonds is 3. The van der Waals surface area contributed by atoms with Gasteiger partial charge >= 0.3 is 0 Å². The quantitative estimate of drug-likeness (QED) is 0.784. The topological polar surface area (TPSA) is 27.0 Å². The molecule has 0 unspecified atom stereocenters. The predicted octanol–water partition coefficient (Wildman–Crippen LogP) is 4.24. The number of hydrogen-bond donors (Lipinski definition) is 0. The molecule has 102 valence electrons. The van der Waals surface area contributed by atoms with E-state index in [4.69, 9.17) is 5.26 Å². The van der Waals surface area contributed by atoms with Crippen molar-refractivity contribution in [1.82, 2.24) is 0 Å². The number of nitriles is 1. The molecule has 0 fully saturated rings. The fourth-order valence-corrected chi connectivity index (χ4v) is 2.23. The van der Waals surface area contributed by atoms with Gasteiger partial charge in [0, 0.05) is 24.8 Å². The van der Waals surface area contributed by atoms with Gasteiger partial charge in [0.2, 0.25) is 0 Å². The van der Waals surface area contributed by atoms with E-state index in [0.717, 1.165) is 5.69 Å². The third-order valence-electron chi connectivity index (χ3n) is 2.95. The molecule has 0 aliphatic carbocycles. The minimum Gasteiger partial charge on any atom is -0.370 e. The molecule has 0 saturated carbocycles. The normalized spacial score (nSPS) is 10.2. The van der Waals surface area contributed by atoms with Crippen molar-refractivity contribution in [3.05, 3.63) is 63.6 Å². The molecule has 0 saturated heterocycles. The van der Waals surface area contributed by atoms with Crippen molar-refractivity contribution in [1.29, 1.82) is 5.26 Å². The summed E-state index contributed by atoms with van der Waals surface area (Å²) in [6, 6.07) is 11.5. The van der Waals surface area contributed by atoms with Gasteiger partial charge in [-0.15, -0.1) is 0 Å². The van der Waals surface area contributed by atoms with Crippen molar-refractivity contribution in [3.8, 4) is 6.07 Å². The van der Waals surface area contributed by atoms with Crippen LogP contribution < -0.4 is 4.90 Å². The Bertz CT molecular complexity index is 680. The maximum absolute atomic E-state index is 13.9. The first-order valence-corrected chi connectivity index (χ1v) is 6.66. The SMILES string of the molecule is CN(Cc1c(F)ccc(Br)c1F)c1cccc(C#N)c1. The van der Waals surface area contributed by atoms with Crippen LogP contribution in [0, 0.1) is 23.0 Å². The molecule has 5 heteroatoms. The molecule has 0 N–H and O–H groups in total. The van der Waals surface area contributed by atoms with Gasteiger partial charge in [-0.05, 0) is 46.3 Å². The Morgan fingerprint density at radius 1 is 1.25 bits per heavy atom. The summed E-state index contributed by atoms with van der Waals surface area (Å²) in [6.07, 6.45) is 0. The van der Waals surface area contributed by atoms with Gasteiger partial charge in [0.15, 0.2) is 0 Å². The maximum Gasteiger partial charge on any atom is 0.145 e. The van der Waals surface area contributed by atoms with Crippen LogP contribution in [-0.4, -0.2) is 7.05 Å². The van der Waals surface area contributed by atoms with Gasteiger partial charge in [0.1, 0.15) is 11.6 Å². The third kappa shape index (κ3) is 2.97. The first-order valence-electron chi connectivity index (χ1n) is 5.86. The summed E-state index contributed by atoms with van der Waals surface area (Å²) in [5, 5.41) is 8.86. The summed E-state index contributed by atoms with van der Waals surface area (Å²) < 4.78 is 27.9. The highest BCUT2D eigenvalue weighted by Gasteiger charge is 2.14. The predicted molar refractivity (Wildman–Crippen MR) is 77.3 cm³/mol. The zero-order chi connectivity index (χ0) is 14.7. The summed E-state index contributed by atoms with van der Waals surface area (Å²) in [4.78, 5) is 1.69. The van der Waals surface area contributed by atoms with Crippen LogP contribution >= 0.6 is 15.9 Å². The average molecular weight is 337 g/mol. The molecule has 2 rings (SSSR count). The molecule has 2 aromatic rings. The first-order chi connectivity index (χ1) is 9.52. The van der Waals surface area contributed by atoms with E-state index in [-0.39, 0.29) is 16.6 Å². The highest BCUT2D eigenvalue weighted by Crippen LogP contribution is 2.24. The standard InChI is InChI=1S/C15H11BrF2N2/c1-20(11-4-2-3-10(7-11)8-19)9-12-14(17)6-5-13(16)15(12)18/h2-7H,9H2,1H3. The summed E-state index contributed by atoms with van der Waals surface area (Å²) >= 11 is 3.05. The van der Waals surface area contributed by atoms with E-state index in [0.29, 0.717) is 5.56 Å². The van der Waals surface area contributed by atoms with Gasteiger partial charge in [0.05, 0.1) is 16.1 Å². The first kappa shape index (κ1) is 14.5.